The normalized spacial score (nSPS) is 13.6. The summed E-state index contributed by atoms with van der Waals surface area (Å²) < 4.78 is 5.86. The largest absolute Gasteiger partial charge is 0.457 e. The van der Waals surface area contributed by atoms with Gasteiger partial charge in [0.05, 0.1) is 5.69 Å². The number of allylic oxidation sites excluding steroid dienone is 1. The van der Waals surface area contributed by atoms with Crippen molar-refractivity contribution in [3.63, 3.8) is 0 Å². The van der Waals surface area contributed by atoms with Crippen molar-refractivity contribution in [3.05, 3.63) is 78.5 Å². The molecule has 0 saturated carbocycles. The van der Waals surface area contributed by atoms with Gasteiger partial charge < -0.3 is 14.5 Å². The zero-order valence-electron chi connectivity index (χ0n) is 17.9. The lowest BCUT2D eigenvalue weighted by atomic mass is 10.1. The van der Waals surface area contributed by atoms with E-state index in [1.165, 1.54) is 0 Å². The van der Waals surface area contributed by atoms with Gasteiger partial charge in [0.2, 0.25) is 11.9 Å². The molecule has 1 fully saturated rings. The monoisotopic (exact) mass is 414 g/mol. The van der Waals surface area contributed by atoms with Crippen LogP contribution in [0.15, 0.2) is 78.5 Å². The highest BCUT2D eigenvalue weighted by Gasteiger charge is 2.21. The number of piperazine rings is 1. The first-order valence-electron chi connectivity index (χ1n) is 10.4. The van der Waals surface area contributed by atoms with Crippen LogP contribution in [0.3, 0.4) is 0 Å². The zero-order chi connectivity index (χ0) is 21.6. The molecule has 4 rings (SSSR count). The summed E-state index contributed by atoms with van der Waals surface area (Å²) in [5, 5.41) is 0. The van der Waals surface area contributed by atoms with Crippen LogP contribution >= 0.6 is 0 Å². The third-order valence-electron chi connectivity index (χ3n) is 5.06. The summed E-state index contributed by atoms with van der Waals surface area (Å²) in [5.74, 6) is 2.35. The van der Waals surface area contributed by atoms with Crippen molar-refractivity contribution < 1.29 is 9.53 Å². The fourth-order valence-corrected chi connectivity index (χ4v) is 3.44. The Kier molecular flexibility index (Phi) is 6.26. The van der Waals surface area contributed by atoms with Crippen LogP contribution in [-0.4, -0.2) is 47.0 Å². The summed E-state index contributed by atoms with van der Waals surface area (Å²) in [6.45, 7) is 6.65. The Morgan fingerprint density at radius 3 is 2.26 bits per heavy atom. The Morgan fingerprint density at radius 2 is 1.58 bits per heavy atom. The molecule has 2 aromatic carbocycles. The molecule has 0 N–H and O–H groups in total. The number of hydrogen-bond donors (Lipinski definition) is 0. The van der Waals surface area contributed by atoms with Crippen molar-refractivity contribution in [1.82, 2.24) is 14.9 Å². The molecule has 0 radical (unpaired) electrons. The fourth-order valence-electron chi connectivity index (χ4n) is 3.44. The molecule has 1 aliphatic rings. The van der Waals surface area contributed by atoms with Crippen LogP contribution in [0.1, 0.15) is 13.8 Å². The molecule has 1 aliphatic heterocycles. The Labute approximate surface area is 182 Å². The molecular formula is C25H26N4O2. The summed E-state index contributed by atoms with van der Waals surface area (Å²) in [6, 6.07) is 19.5. The number of carbonyl (C=O) groups excluding carboxylic acids is 1. The number of hydrogen-bond acceptors (Lipinski definition) is 5. The van der Waals surface area contributed by atoms with Gasteiger partial charge in [-0.05, 0) is 56.3 Å². The van der Waals surface area contributed by atoms with Crippen molar-refractivity contribution in [2.24, 2.45) is 0 Å². The molecule has 158 valence electrons. The number of anilines is 1. The summed E-state index contributed by atoms with van der Waals surface area (Å²) in [4.78, 5) is 25.4. The van der Waals surface area contributed by atoms with E-state index in [1.807, 2.05) is 79.4 Å². The number of aromatic nitrogens is 2. The van der Waals surface area contributed by atoms with E-state index < -0.39 is 0 Å². The lowest BCUT2D eigenvalue weighted by Gasteiger charge is -2.34. The van der Waals surface area contributed by atoms with Gasteiger partial charge in [0.15, 0.2) is 0 Å². The van der Waals surface area contributed by atoms with Crippen LogP contribution in [0, 0.1) is 0 Å². The van der Waals surface area contributed by atoms with E-state index in [-0.39, 0.29) is 5.91 Å². The quantitative estimate of drug-likeness (QED) is 0.573. The second kappa shape index (κ2) is 9.43. The van der Waals surface area contributed by atoms with Crippen molar-refractivity contribution in [2.75, 3.05) is 31.1 Å². The van der Waals surface area contributed by atoms with Crippen LogP contribution in [0.25, 0.3) is 11.3 Å². The first-order chi connectivity index (χ1) is 15.1. The van der Waals surface area contributed by atoms with Crippen LogP contribution in [0.2, 0.25) is 0 Å². The molecule has 6 heteroatoms. The highest BCUT2D eigenvalue weighted by molar-refractivity contribution is 5.88. The lowest BCUT2D eigenvalue weighted by molar-refractivity contribution is -0.126. The molecule has 0 unspecified atom stereocenters. The Hall–Kier alpha value is -3.67. The maximum atomic E-state index is 12.2. The van der Waals surface area contributed by atoms with Crippen LogP contribution in [0.4, 0.5) is 5.95 Å². The fraction of sp³-hybridized carbons (Fsp3) is 0.240. The predicted molar refractivity (Wildman–Crippen MR) is 122 cm³/mol. The minimum Gasteiger partial charge on any atom is -0.457 e. The Bertz CT molecular complexity index is 1050. The highest BCUT2D eigenvalue weighted by Crippen LogP contribution is 2.25. The van der Waals surface area contributed by atoms with Gasteiger partial charge in [-0.15, -0.1) is 0 Å². The Morgan fingerprint density at radius 1 is 0.903 bits per heavy atom. The van der Waals surface area contributed by atoms with E-state index in [0.29, 0.717) is 19.0 Å². The van der Waals surface area contributed by atoms with Gasteiger partial charge in [0.25, 0.3) is 0 Å². The van der Waals surface area contributed by atoms with Crippen molar-refractivity contribution in [1.29, 1.82) is 0 Å². The summed E-state index contributed by atoms with van der Waals surface area (Å²) in [7, 11) is 0. The number of ether oxygens (including phenoxy) is 1. The number of nitrogens with zero attached hydrogens (tertiary/aromatic N) is 4. The summed E-state index contributed by atoms with van der Waals surface area (Å²) in [5.41, 5.74) is 2.88. The number of para-hydroxylation sites is 1. The average molecular weight is 415 g/mol. The maximum absolute atomic E-state index is 12.2. The maximum Gasteiger partial charge on any atom is 0.246 e. The molecule has 3 aromatic rings. The average Bonchev–Trinajstić information content (AvgIpc) is 2.80. The SMILES string of the molecule is CC(C)=CC(=O)N1CCN(c2nccc(-c3ccc(Oc4ccccc4)cc3)n2)CC1. The van der Waals surface area contributed by atoms with E-state index in [4.69, 9.17) is 9.72 Å². The molecular weight excluding hydrogens is 388 g/mol. The number of benzene rings is 2. The minimum absolute atomic E-state index is 0.0760. The van der Waals surface area contributed by atoms with Crippen molar-refractivity contribution in [3.8, 4) is 22.8 Å². The van der Waals surface area contributed by atoms with Gasteiger partial charge in [-0.1, -0.05) is 23.8 Å². The second-order valence-corrected chi connectivity index (χ2v) is 7.72. The number of carbonyl (C=O) groups is 1. The molecule has 0 bridgehead atoms. The molecule has 0 atom stereocenters. The van der Waals surface area contributed by atoms with E-state index in [2.05, 4.69) is 9.88 Å². The molecule has 1 aromatic heterocycles. The molecule has 2 heterocycles. The topological polar surface area (TPSA) is 58.6 Å². The van der Waals surface area contributed by atoms with Gasteiger partial charge in [-0.3, -0.25) is 4.79 Å². The minimum atomic E-state index is 0.0760. The van der Waals surface area contributed by atoms with Gasteiger partial charge >= 0.3 is 0 Å². The van der Waals surface area contributed by atoms with E-state index >= 15 is 0 Å². The van der Waals surface area contributed by atoms with Crippen molar-refractivity contribution in [2.45, 2.75) is 13.8 Å². The first-order valence-corrected chi connectivity index (χ1v) is 10.4. The predicted octanol–water partition coefficient (Wildman–Crippen LogP) is 4.55. The van der Waals surface area contributed by atoms with E-state index in [9.17, 15) is 4.79 Å². The van der Waals surface area contributed by atoms with Crippen molar-refractivity contribution >= 4 is 11.9 Å². The lowest BCUT2D eigenvalue weighted by Crippen LogP contribution is -2.48. The molecule has 1 saturated heterocycles. The number of rotatable bonds is 5. The smallest absolute Gasteiger partial charge is 0.246 e. The van der Waals surface area contributed by atoms with Crippen LogP contribution in [0.5, 0.6) is 11.5 Å². The summed E-state index contributed by atoms with van der Waals surface area (Å²) in [6.07, 6.45) is 3.48. The number of amides is 1. The Balaban J connectivity index is 1.42. The second-order valence-electron chi connectivity index (χ2n) is 7.72. The third kappa shape index (κ3) is 5.28. The van der Waals surface area contributed by atoms with Crippen LogP contribution < -0.4 is 9.64 Å². The highest BCUT2D eigenvalue weighted by atomic mass is 16.5. The van der Waals surface area contributed by atoms with Gasteiger partial charge in [-0.25, -0.2) is 9.97 Å². The standard InChI is InChI=1S/C25H26N4O2/c1-19(2)18-24(30)28-14-16-29(17-15-28)25-26-13-12-23(27-25)20-8-10-22(11-9-20)31-21-6-4-3-5-7-21/h3-13,18H,14-17H2,1-2H3. The molecule has 0 spiro atoms. The molecule has 31 heavy (non-hydrogen) atoms. The van der Waals surface area contributed by atoms with Gasteiger partial charge in [-0.2, -0.15) is 0 Å². The van der Waals surface area contributed by atoms with Gasteiger partial charge in [0.1, 0.15) is 11.5 Å². The third-order valence-corrected chi connectivity index (χ3v) is 5.06. The molecule has 1 amide bonds. The van der Waals surface area contributed by atoms with E-state index in [0.717, 1.165) is 41.4 Å². The first kappa shape index (κ1) is 20.6. The van der Waals surface area contributed by atoms with Gasteiger partial charge in [0, 0.05) is 44.0 Å². The summed E-state index contributed by atoms with van der Waals surface area (Å²) >= 11 is 0. The zero-order valence-corrected chi connectivity index (χ0v) is 17.9. The molecule has 6 nitrogen and oxygen atoms in total. The van der Waals surface area contributed by atoms with E-state index in [1.54, 1.807) is 12.3 Å². The molecule has 0 aliphatic carbocycles. The van der Waals surface area contributed by atoms with Crippen LogP contribution in [-0.2, 0) is 4.79 Å².